The van der Waals surface area contributed by atoms with Crippen molar-refractivity contribution in [3.05, 3.63) is 29.8 Å². The lowest BCUT2D eigenvalue weighted by atomic mass is 10.1. The van der Waals surface area contributed by atoms with Gasteiger partial charge in [0.25, 0.3) is 0 Å². The first-order valence-corrected chi connectivity index (χ1v) is 6.87. The van der Waals surface area contributed by atoms with Crippen LogP contribution in [0.5, 0.6) is 0 Å². The fourth-order valence-corrected chi connectivity index (χ4v) is 2.07. The SMILES string of the molecule is CC(C)OCc1ccc(NC(=O)C2CCNC2)cc1. The Hall–Kier alpha value is -1.39. The zero-order valence-corrected chi connectivity index (χ0v) is 11.6. The van der Waals surface area contributed by atoms with Crippen LogP contribution in [0.1, 0.15) is 25.8 Å². The molecule has 19 heavy (non-hydrogen) atoms. The van der Waals surface area contributed by atoms with Gasteiger partial charge in [0.2, 0.25) is 5.91 Å². The Morgan fingerprint density at radius 2 is 2.16 bits per heavy atom. The van der Waals surface area contributed by atoms with Crippen LogP contribution in [0.25, 0.3) is 0 Å². The molecule has 0 aromatic heterocycles. The van der Waals surface area contributed by atoms with Crippen molar-refractivity contribution >= 4 is 11.6 Å². The molecule has 2 N–H and O–H groups in total. The molecule has 1 heterocycles. The summed E-state index contributed by atoms with van der Waals surface area (Å²) in [7, 11) is 0. The minimum atomic E-state index is 0.101. The Labute approximate surface area is 114 Å². The summed E-state index contributed by atoms with van der Waals surface area (Å²) in [6.07, 6.45) is 1.15. The van der Waals surface area contributed by atoms with Gasteiger partial charge in [0.1, 0.15) is 0 Å². The van der Waals surface area contributed by atoms with Crippen molar-refractivity contribution in [3.8, 4) is 0 Å². The van der Waals surface area contributed by atoms with Gasteiger partial charge in [-0.25, -0.2) is 0 Å². The molecule has 104 valence electrons. The first kappa shape index (κ1) is 14.0. The van der Waals surface area contributed by atoms with E-state index < -0.39 is 0 Å². The molecule has 1 aliphatic rings. The summed E-state index contributed by atoms with van der Waals surface area (Å²) in [6, 6.07) is 7.84. The summed E-state index contributed by atoms with van der Waals surface area (Å²) in [5.74, 6) is 0.208. The van der Waals surface area contributed by atoms with Crippen molar-refractivity contribution in [2.24, 2.45) is 5.92 Å². The third-order valence-electron chi connectivity index (χ3n) is 3.24. The molecule has 0 radical (unpaired) electrons. The van der Waals surface area contributed by atoms with Crippen LogP contribution in [0.3, 0.4) is 0 Å². The van der Waals surface area contributed by atoms with Gasteiger partial charge < -0.3 is 15.4 Å². The first-order chi connectivity index (χ1) is 9.15. The predicted octanol–water partition coefficient (Wildman–Crippen LogP) is 2.16. The van der Waals surface area contributed by atoms with Gasteiger partial charge in [-0.3, -0.25) is 4.79 Å². The molecule has 0 spiro atoms. The second kappa shape index (κ2) is 6.68. The fourth-order valence-electron chi connectivity index (χ4n) is 2.07. The van der Waals surface area contributed by atoms with Gasteiger partial charge >= 0.3 is 0 Å². The third-order valence-corrected chi connectivity index (χ3v) is 3.24. The van der Waals surface area contributed by atoms with Gasteiger partial charge in [-0.2, -0.15) is 0 Å². The molecule has 1 saturated heterocycles. The standard InChI is InChI=1S/C15H22N2O2/c1-11(2)19-10-12-3-5-14(6-4-12)17-15(18)13-7-8-16-9-13/h3-6,11,13,16H,7-10H2,1-2H3,(H,17,18). The Kier molecular flexibility index (Phi) is 4.93. The molecular weight excluding hydrogens is 240 g/mol. The maximum atomic E-state index is 11.9. The van der Waals surface area contributed by atoms with E-state index in [1.807, 2.05) is 38.1 Å². The lowest BCUT2D eigenvalue weighted by molar-refractivity contribution is -0.119. The van der Waals surface area contributed by atoms with E-state index in [0.717, 1.165) is 30.8 Å². The highest BCUT2D eigenvalue weighted by molar-refractivity contribution is 5.92. The van der Waals surface area contributed by atoms with Crippen molar-refractivity contribution in [2.45, 2.75) is 33.0 Å². The maximum Gasteiger partial charge on any atom is 0.228 e. The Bertz CT molecular complexity index is 409. The van der Waals surface area contributed by atoms with E-state index in [1.54, 1.807) is 0 Å². The summed E-state index contributed by atoms with van der Waals surface area (Å²) < 4.78 is 5.53. The Balaban J connectivity index is 1.85. The Morgan fingerprint density at radius 3 is 2.74 bits per heavy atom. The quantitative estimate of drug-likeness (QED) is 0.855. The van der Waals surface area contributed by atoms with Crippen LogP contribution in [0.15, 0.2) is 24.3 Å². The van der Waals surface area contributed by atoms with Crippen LogP contribution in [0.2, 0.25) is 0 Å². The van der Waals surface area contributed by atoms with E-state index >= 15 is 0 Å². The average Bonchev–Trinajstić information content (AvgIpc) is 2.92. The molecule has 1 aromatic rings. The number of rotatable bonds is 5. The molecule has 0 saturated carbocycles. The smallest absolute Gasteiger partial charge is 0.228 e. The van der Waals surface area contributed by atoms with Crippen molar-refractivity contribution in [1.29, 1.82) is 0 Å². The molecule has 1 amide bonds. The van der Waals surface area contributed by atoms with Crippen molar-refractivity contribution in [2.75, 3.05) is 18.4 Å². The molecule has 4 nitrogen and oxygen atoms in total. The largest absolute Gasteiger partial charge is 0.374 e. The molecule has 1 fully saturated rings. The van der Waals surface area contributed by atoms with Crippen LogP contribution >= 0.6 is 0 Å². The molecule has 1 atom stereocenters. The number of ether oxygens (including phenoxy) is 1. The van der Waals surface area contributed by atoms with Crippen molar-refractivity contribution in [3.63, 3.8) is 0 Å². The third kappa shape index (κ3) is 4.33. The number of anilines is 1. The highest BCUT2D eigenvalue weighted by atomic mass is 16.5. The molecule has 4 heteroatoms. The van der Waals surface area contributed by atoms with Gasteiger partial charge in [-0.05, 0) is 44.5 Å². The van der Waals surface area contributed by atoms with Crippen LogP contribution in [0, 0.1) is 5.92 Å². The molecule has 0 aliphatic carbocycles. The number of benzene rings is 1. The topological polar surface area (TPSA) is 50.4 Å². The van der Waals surface area contributed by atoms with E-state index in [0.29, 0.717) is 6.61 Å². The van der Waals surface area contributed by atoms with Gasteiger partial charge in [0.15, 0.2) is 0 Å². The van der Waals surface area contributed by atoms with E-state index in [2.05, 4.69) is 10.6 Å². The minimum absolute atomic E-state index is 0.101. The molecule has 1 aliphatic heterocycles. The number of carbonyl (C=O) groups is 1. The van der Waals surface area contributed by atoms with Gasteiger partial charge in [-0.15, -0.1) is 0 Å². The summed E-state index contributed by atoms with van der Waals surface area (Å²) in [5.41, 5.74) is 1.97. The fraction of sp³-hybridized carbons (Fsp3) is 0.533. The second-order valence-electron chi connectivity index (χ2n) is 5.24. The number of amides is 1. The van der Waals surface area contributed by atoms with Gasteiger partial charge in [0.05, 0.1) is 18.6 Å². The van der Waals surface area contributed by atoms with E-state index in [9.17, 15) is 4.79 Å². The minimum Gasteiger partial charge on any atom is -0.374 e. The molecule has 0 bridgehead atoms. The number of carbonyl (C=O) groups excluding carboxylic acids is 1. The monoisotopic (exact) mass is 262 g/mol. The molecule has 1 aromatic carbocycles. The zero-order valence-electron chi connectivity index (χ0n) is 11.6. The highest BCUT2D eigenvalue weighted by Gasteiger charge is 2.22. The highest BCUT2D eigenvalue weighted by Crippen LogP contribution is 2.14. The normalized spacial score (nSPS) is 18.8. The van der Waals surface area contributed by atoms with E-state index in [1.165, 1.54) is 0 Å². The lowest BCUT2D eigenvalue weighted by Crippen LogP contribution is -2.24. The molecule has 2 rings (SSSR count). The van der Waals surface area contributed by atoms with E-state index in [-0.39, 0.29) is 17.9 Å². The summed E-state index contributed by atoms with van der Waals surface area (Å²) in [5, 5.41) is 6.15. The molecule has 1 unspecified atom stereocenters. The van der Waals surface area contributed by atoms with E-state index in [4.69, 9.17) is 4.74 Å². The van der Waals surface area contributed by atoms with Gasteiger partial charge in [0, 0.05) is 12.2 Å². The second-order valence-corrected chi connectivity index (χ2v) is 5.24. The van der Waals surface area contributed by atoms with Crippen molar-refractivity contribution < 1.29 is 9.53 Å². The number of nitrogens with one attached hydrogen (secondary N) is 2. The van der Waals surface area contributed by atoms with Gasteiger partial charge in [-0.1, -0.05) is 12.1 Å². The number of hydrogen-bond acceptors (Lipinski definition) is 3. The summed E-state index contributed by atoms with van der Waals surface area (Å²) in [4.78, 5) is 11.9. The molecular formula is C15H22N2O2. The summed E-state index contributed by atoms with van der Waals surface area (Å²) >= 11 is 0. The average molecular weight is 262 g/mol. The zero-order chi connectivity index (χ0) is 13.7. The predicted molar refractivity (Wildman–Crippen MR) is 76.0 cm³/mol. The number of hydrogen-bond donors (Lipinski definition) is 2. The Morgan fingerprint density at radius 1 is 1.42 bits per heavy atom. The maximum absolute atomic E-state index is 11.9. The first-order valence-electron chi connectivity index (χ1n) is 6.87. The van der Waals surface area contributed by atoms with Crippen LogP contribution in [0.4, 0.5) is 5.69 Å². The van der Waals surface area contributed by atoms with Crippen LogP contribution < -0.4 is 10.6 Å². The summed E-state index contributed by atoms with van der Waals surface area (Å²) in [6.45, 7) is 6.36. The van der Waals surface area contributed by atoms with Crippen LogP contribution in [-0.4, -0.2) is 25.1 Å². The lowest BCUT2D eigenvalue weighted by Gasteiger charge is -2.11. The van der Waals surface area contributed by atoms with Crippen LogP contribution in [-0.2, 0) is 16.1 Å². The van der Waals surface area contributed by atoms with Crippen molar-refractivity contribution in [1.82, 2.24) is 5.32 Å².